The number of rotatable bonds is 7. The molecular formula is C18H27NO3. The van der Waals surface area contributed by atoms with Gasteiger partial charge in [0.05, 0.1) is 12.1 Å². The monoisotopic (exact) mass is 305 g/mol. The second-order valence-electron chi connectivity index (χ2n) is 7.36. The molecule has 2 saturated heterocycles. The second-order valence-corrected chi connectivity index (χ2v) is 7.36. The molecule has 2 aliphatic heterocycles. The maximum Gasteiger partial charge on any atom is 0.118 e. The molecule has 0 radical (unpaired) electrons. The molecule has 4 heteroatoms. The summed E-state index contributed by atoms with van der Waals surface area (Å²) in [5.74, 6) is 3.59. The van der Waals surface area contributed by atoms with Crippen LogP contribution in [0.5, 0.6) is 0 Å². The van der Waals surface area contributed by atoms with Gasteiger partial charge in [-0.1, -0.05) is 0 Å². The normalized spacial score (nSPS) is 27.4. The summed E-state index contributed by atoms with van der Waals surface area (Å²) in [5.41, 5.74) is 0.102. The van der Waals surface area contributed by atoms with E-state index >= 15 is 0 Å². The van der Waals surface area contributed by atoms with Gasteiger partial charge >= 0.3 is 0 Å². The molecule has 4 rings (SSSR count). The van der Waals surface area contributed by atoms with Gasteiger partial charge in [-0.3, -0.25) is 4.90 Å². The molecule has 0 N–H and O–H groups in total. The van der Waals surface area contributed by atoms with E-state index in [2.05, 4.69) is 11.0 Å². The van der Waals surface area contributed by atoms with E-state index in [4.69, 9.17) is 13.9 Å². The first-order chi connectivity index (χ1) is 10.7. The van der Waals surface area contributed by atoms with Crippen LogP contribution in [0, 0.1) is 18.8 Å². The molecule has 0 aromatic carbocycles. The first-order valence-electron chi connectivity index (χ1n) is 8.73. The van der Waals surface area contributed by atoms with Gasteiger partial charge in [0, 0.05) is 32.9 Å². The Hall–Kier alpha value is -0.840. The van der Waals surface area contributed by atoms with Crippen molar-refractivity contribution in [2.75, 3.05) is 32.9 Å². The van der Waals surface area contributed by atoms with Crippen molar-refractivity contribution in [3.63, 3.8) is 0 Å². The van der Waals surface area contributed by atoms with Crippen LogP contribution in [0.3, 0.4) is 0 Å². The van der Waals surface area contributed by atoms with Gasteiger partial charge in [-0.05, 0) is 56.6 Å². The van der Waals surface area contributed by atoms with Gasteiger partial charge in [-0.15, -0.1) is 0 Å². The Morgan fingerprint density at radius 3 is 2.86 bits per heavy atom. The molecule has 3 heterocycles. The molecular weight excluding hydrogens is 278 g/mol. The number of hydrogen-bond acceptors (Lipinski definition) is 4. The molecule has 0 amide bonds. The zero-order chi connectivity index (χ0) is 15.0. The Balaban J connectivity index is 1.23. The van der Waals surface area contributed by atoms with Crippen LogP contribution in [0.15, 0.2) is 16.5 Å². The smallest absolute Gasteiger partial charge is 0.118 e. The average molecular weight is 305 g/mol. The molecule has 3 fully saturated rings. The predicted molar refractivity (Wildman–Crippen MR) is 83.7 cm³/mol. The van der Waals surface area contributed by atoms with E-state index < -0.39 is 0 Å². The van der Waals surface area contributed by atoms with Crippen LogP contribution < -0.4 is 0 Å². The molecule has 4 nitrogen and oxygen atoms in total. The molecule has 22 heavy (non-hydrogen) atoms. The second kappa shape index (κ2) is 5.99. The summed E-state index contributed by atoms with van der Waals surface area (Å²) in [6.07, 6.45) is 5.09. The molecule has 1 spiro atoms. The quantitative estimate of drug-likeness (QED) is 0.725. The van der Waals surface area contributed by atoms with Gasteiger partial charge in [0.1, 0.15) is 11.5 Å². The van der Waals surface area contributed by atoms with Crippen molar-refractivity contribution in [2.45, 2.75) is 44.8 Å². The summed E-state index contributed by atoms with van der Waals surface area (Å²) >= 11 is 0. The van der Waals surface area contributed by atoms with E-state index in [0.717, 1.165) is 63.3 Å². The summed E-state index contributed by atoms with van der Waals surface area (Å²) in [7, 11) is 0. The summed E-state index contributed by atoms with van der Waals surface area (Å²) < 4.78 is 17.6. The Morgan fingerprint density at radius 1 is 1.27 bits per heavy atom. The molecule has 122 valence electrons. The molecule has 1 saturated carbocycles. The van der Waals surface area contributed by atoms with E-state index in [1.807, 2.05) is 13.0 Å². The highest BCUT2D eigenvalue weighted by atomic mass is 16.5. The van der Waals surface area contributed by atoms with E-state index in [-0.39, 0.29) is 5.60 Å². The summed E-state index contributed by atoms with van der Waals surface area (Å²) in [5, 5.41) is 0. The number of likely N-dealkylation sites (tertiary alicyclic amines) is 1. The largest absolute Gasteiger partial charge is 0.465 e. The molecule has 1 aromatic rings. The van der Waals surface area contributed by atoms with E-state index in [1.165, 1.54) is 19.3 Å². The minimum Gasteiger partial charge on any atom is -0.465 e. The highest BCUT2D eigenvalue weighted by molar-refractivity contribution is 5.09. The third kappa shape index (κ3) is 3.10. The summed E-state index contributed by atoms with van der Waals surface area (Å²) in [4.78, 5) is 2.43. The van der Waals surface area contributed by atoms with Gasteiger partial charge in [0.2, 0.25) is 0 Å². The van der Waals surface area contributed by atoms with E-state index in [9.17, 15) is 0 Å². The minimum atomic E-state index is 0.102. The lowest BCUT2D eigenvalue weighted by Gasteiger charge is -2.50. The molecule has 1 atom stereocenters. The standard InChI is InChI=1S/C18H27NO3/c1-14-2-5-17(22-14)10-19-12-18(13-19)16(7-9-21-18)6-8-20-11-15-3-4-15/h2,5,15-16H,3-4,6-13H2,1H3/t16-/m1/s1. The number of aryl methyl sites for hydroxylation is 1. The van der Waals surface area contributed by atoms with Crippen molar-refractivity contribution in [2.24, 2.45) is 11.8 Å². The Labute approximate surface area is 132 Å². The number of nitrogens with zero attached hydrogens (tertiary/aromatic N) is 1. The third-order valence-electron chi connectivity index (χ3n) is 5.42. The van der Waals surface area contributed by atoms with E-state index in [0.29, 0.717) is 5.92 Å². The zero-order valence-electron chi connectivity index (χ0n) is 13.6. The topological polar surface area (TPSA) is 34.8 Å². The van der Waals surface area contributed by atoms with Crippen LogP contribution >= 0.6 is 0 Å². The maximum absolute atomic E-state index is 6.12. The van der Waals surface area contributed by atoms with Crippen molar-refractivity contribution in [1.82, 2.24) is 4.90 Å². The Bertz CT molecular complexity index is 502. The highest BCUT2D eigenvalue weighted by Gasteiger charge is 2.52. The lowest BCUT2D eigenvalue weighted by atomic mass is 9.79. The van der Waals surface area contributed by atoms with Crippen molar-refractivity contribution >= 4 is 0 Å². The van der Waals surface area contributed by atoms with Gasteiger partial charge in [-0.2, -0.15) is 0 Å². The van der Waals surface area contributed by atoms with Crippen molar-refractivity contribution in [3.8, 4) is 0 Å². The minimum absolute atomic E-state index is 0.102. The molecule has 1 aromatic heterocycles. The van der Waals surface area contributed by atoms with Crippen molar-refractivity contribution in [3.05, 3.63) is 23.7 Å². The maximum atomic E-state index is 6.12. The summed E-state index contributed by atoms with van der Waals surface area (Å²) in [6, 6.07) is 4.12. The number of ether oxygens (including phenoxy) is 2. The van der Waals surface area contributed by atoms with Crippen LogP contribution in [-0.2, 0) is 16.0 Å². The average Bonchev–Trinajstić information content (AvgIpc) is 3.06. The first-order valence-corrected chi connectivity index (χ1v) is 8.73. The predicted octanol–water partition coefficient (Wildman–Crippen LogP) is 3.00. The zero-order valence-corrected chi connectivity index (χ0v) is 13.6. The van der Waals surface area contributed by atoms with Crippen LogP contribution in [-0.4, -0.2) is 43.4 Å². The van der Waals surface area contributed by atoms with Gasteiger partial charge in [-0.25, -0.2) is 0 Å². The van der Waals surface area contributed by atoms with Gasteiger partial charge < -0.3 is 13.9 Å². The van der Waals surface area contributed by atoms with Gasteiger partial charge in [0.25, 0.3) is 0 Å². The Morgan fingerprint density at radius 2 is 2.14 bits per heavy atom. The molecule has 3 aliphatic rings. The van der Waals surface area contributed by atoms with Gasteiger partial charge in [0.15, 0.2) is 0 Å². The number of hydrogen-bond donors (Lipinski definition) is 0. The molecule has 1 aliphatic carbocycles. The van der Waals surface area contributed by atoms with Crippen LogP contribution in [0.25, 0.3) is 0 Å². The van der Waals surface area contributed by atoms with Crippen LogP contribution in [0.2, 0.25) is 0 Å². The van der Waals surface area contributed by atoms with E-state index in [1.54, 1.807) is 0 Å². The van der Waals surface area contributed by atoms with Crippen LogP contribution in [0.1, 0.15) is 37.2 Å². The lowest BCUT2D eigenvalue weighted by molar-refractivity contribution is -0.140. The fraction of sp³-hybridized carbons (Fsp3) is 0.778. The van der Waals surface area contributed by atoms with Crippen LogP contribution in [0.4, 0.5) is 0 Å². The molecule has 0 unspecified atom stereocenters. The lowest BCUT2D eigenvalue weighted by Crippen LogP contribution is -2.64. The fourth-order valence-corrected chi connectivity index (χ4v) is 3.92. The Kier molecular flexibility index (Phi) is 4.01. The highest BCUT2D eigenvalue weighted by Crippen LogP contribution is 2.42. The van der Waals surface area contributed by atoms with Crippen molar-refractivity contribution < 1.29 is 13.9 Å². The molecule has 0 bridgehead atoms. The fourth-order valence-electron chi connectivity index (χ4n) is 3.92. The first kappa shape index (κ1) is 14.7. The number of furan rings is 1. The van der Waals surface area contributed by atoms with Crippen molar-refractivity contribution in [1.29, 1.82) is 0 Å². The third-order valence-corrected chi connectivity index (χ3v) is 5.42. The summed E-state index contributed by atoms with van der Waals surface area (Å²) in [6.45, 7) is 7.79. The SMILES string of the molecule is Cc1ccc(CN2CC3(C2)OCC[C@H]3CCOCC2CC2)o1.